The van der Waals surface area contributed by atoms with E-state index in [1.807, 2.05) is 65.8 Å². The Hall–Kier alpha value is -4.86. The summed E-state index contributed by atoms with van der Waals surface area (Å²) in [5.41, 5.74) is 6.74. The van der Waals surface area contributed by atoms with Crippen LogP contribution in [0.2, 0.25) is 0 Å². The molecule has 3 aromatic carbocycles. The fourth-order valence-corrected chi connectivity index (χ4v) is 8.60. The van der Waals surface area contributed by atoms with Crippen molar-refractivity contribution in [2.75, 3.05) is 0 Å². The zero-order valence-corrected chi connectivity index (χ0v) is 31.7. The van der Waals surface area contributed by atoms with Gasteiger partial charge in [0.2, 0.25) is 5.82 Å². The molecule has 0 N–H and O–H groups in total. The highest BCUT2D eigenvalue weighted by Crippen LogP contribution is 2.49. The number of hydrogen-bond acceptors (Lipinski definition) is 0. The van der Waals surface area contributed by atoms with E-state index in [4.69, 9.17) is 0 Å². The van der Waals surface area contributed by atoms with Crippen LogP contribution in [0.4, 0.5) is 30.6 Å². The molecule has 0 fully saturated rings. The third-order valence-corrected chi connectivity index (χ3v) is 10.8. The number of aromatic nitrogens is 1. The van der Waals surface area contributed by atoms with Gasteiger partial charge in [-0.05, 0) is 125 Å². The molecule has 0 spiro atoms. The predicted molar refractivity (Wildman–Crippen MR) is 202 cm³/mol. The van der Waals surface area contributed by atoms with Crippen molar-refractivity contribution in [1.82, 2.24) is 4.48 Å². The lowest BCUT2D eigenvalue weighted by atomic mass is 9.83. The van der Waals surface area contributed by atoms with Gasteiger partial charge in [0, 0.05) is 28.6 Å². The molecule has 6 rings (SSSR count). The normalized spacial score (nSPS) is 15.6. The van der Waals surface area contributed by atoms with Gasteiger partial charge >= 0.3 is 6.97 Å². The monoisotopic (exact) mass is 730 g/mol. The number of fused-ring (bicyclic) bond motifs is 2. The summed E-state index contributed by atoms with van der Waals surface area (Å²) in [6.07, 6.45) is 7.13. The number of halogens is 7. The highest BCUT2D eigenvalue weighted by atomic mass is 19.2. The molecular weight excluding hydrogens is 688 g/mol. The van der Waals surface area contributed by atoms with Crippen molar-refractivity contribution in [2.24, 2.45) is 0 Å². The molecule has 1 aromatic heterocycles. The van der Waals surface area contributed by atoms with Crippen LogP contribution in [-0.4, -0.2) is 21.6 Å². The van der Waals surface area contributed by atoms with E-state index in [0.717, 1.165) is 53.5 Å². The Balaban J connectivity index is 1.79. The molecule has 0 atom stereocenters. The lowest BCUT2D eigenvalue weighted by Crippen LogP contribution is -2.52. The number of benzene rings is 3. The third kappa shape index (κ3) is 5.76. The number of rotatable bonds is 7. The molecule has 2 aliphatic heterocycles. The molecule has 276 valence electrons. The van der Waals surface area contributed by atoms with Gasteiger partial charge in [-0.2, -0.15) is 0 Å². The Kier molecular flexibility index (Phi) is 9.67. The van der Waals surface area contributed by atoms with Crippen molar-refractivity contribution < 1.29 is 35.1 Å². The van der Waals surface area contributed by atoms with Gasteiger partial charge < -0.3 is 17.6 Å². The van der Waals surface area contributed by atoms with Gasteiger partial charge in [-0.15, -0.1) is 0 Å². The highest BCUT2D eigenvalue weighted by molar-refractivity contribution is 6.59. The molecule has 0 saturated carbocycles. The summed E-state index contributed by atoms with van der Waals surface area (Å²) in [5.74, 6) is -10.8. The van der Waals surface area contributed by atoms with Crippen LogP contribution in [-0.2, 0) is 6.42 Å². The zero-order chi connectivity index (χ0) is 39.0. The maximum Gasteiger partial charge on any atom is 0.737 e. The third-order valence-electron chi connectivity index (χ3n) is 10.8. The van der Waals surface area contributed by atoms with E-state index >= 15 is 26.2 Å². The molecule has 4 aromatic rings. The largest absolute Gasteiger partial charge is 0.737 e. The van der Waals surface area contributed by atoms with Crippen molar-refractivity contribution in [3.63, 3.8) is 0 Å². The standard InChI is InChI=1S/C43H42BF7N2/c1-11-29-27(9)42-36(35-37(45)39(47)41(49)40(48)38(35)46)43-28(10)30(12-2)34(16-14-32-25(7)19-22(4)20-26(32)8)53(43)44(50,51)52(42)33(29)15-13-31-23(5)17-21(3)18-24(31)6/h13-20H,11-12H2,1-10H3/b15-13+,16-14+. The number of hydrogen-bond donors (Lipinski definition) is 0. The summed E-state index contributed by atoms with van der Waals surface area (Å²) in [6.45, 7) is 13.4. The molecule has 0 amide bonds. The summed E-state index contributed by atoms with van der Waals surface area (Å²) < 4.78 is 114. The fourth-order valence-electron chi connectivity index (χ4n) is 8.60. The second-order valence-electron chi connectivity index (χ2n) is 14.3. The van der Waals surface area contributed by atoms with Gasteiger partial charge in [-0.1, -0.05) is 55.3 Å². The van der Waals surface area contributed by atoms with Crippen LogP contribution in [0.5, 0.6) is 0 Å². The summed E-state index contributed by atoms with van der Waals surface area (Å²) in [6, 6.07) is 7.93. The van der Waals surface area contributed by atoms with Gasteiger partial charge in [0.05, 0.1) is 11.1 Å². The number of nitrogens with zero attached hydrogens (tertiary/aromatic N) is 2. The van der Waals surface area contributed by atoms with E-state index in [9.17, 15) is 4.39 Å². The first-order valence-corrected chi connectivity index (χ1v) is 17.8. The Morgan fingerprint density at radius 3 is 1.53 bits per heavy atom. The van der Waals surface area contributed by atoms with Gasteiger partial charge in [0.15, 0.2) is 34.7 Å². The van der Waals surface area contributed by atoms with Crippen LogP contribution in [0, 0.1) is 77.6 Å². The minimum Gasteiger partial charge on any atom is -0.389 e. The molecule has 0 saturated heterocycles. The summed E-state index contributed by atoms with van der Waals surface area (Å²) in [5, 5.41) is 0. The molecule has 10 heteroatoms. The molecule has 0 radical (unpaired) electrons. The lowest BCUT2D eigenvalue weighted by Gasteiger charge is -2.34. The van der Waals surface area contributed by atoms with Crippen LogP contribution in [0.1, 0.15) is 99.8 Å². The SMILES string of the molecule is CCC1=C(C)C2=C(c3c(F)c(F)c(F)c(F)c3F)c3c(C)c(CC)c(/C=C/c4c(C)cc(C)cc4C)n3[B-](F)(F)[N+]2=C1/C=C/c1c(C)cc(C)cc1C. The zero-order valence-electron chi connectivity index (χ0n) is 31.7. The van der Waals surface area contributed by atoms with E-state index in [-0.39, 0.29) is 46.8 Å². The van der Waals surface area contributed by atoms with Crippen molar-refractivity contribution in [3.05, 3.63) is 149 Å². The Labute approximate surface area is 306 Å². The van der Waals surface area contributed by atoms with Crippen LogP contribution in [0.25, 0.3) is 23.8 Å². The van der Waals surface area contributed by atoms with Gasteiger partial charge in [0.25, 0.3) is 0 Å². The van der Waals surface area contributed by atoms with E-state index in [1.54, 1.807) is 52.0 Å². The van der Waals surface area contributed by atoms with Crippen LogP contribution < -0.4 is 0 Å². The van der Waals surface area contributed by atoms with E-state index < -0.39 is 47.2 Å². The van der Waals surface area contributed by atoms with Gasteiger partial charge in [-0.3, -0.25) is 0 Å². The average Bonchev–Trinajstić information content (AvgIpc) is 3.53. The molecule has 2 aliphatic rings. The number of aryl methyl sites for hydroxylation is 6. The minimum absolute atomic E-state index is 0.0842. The molecule has 53 heavy (non-hydrogen) atoms. The maximum absolute atomic E-state index is 17.9. The second-order valence-corrected chi connectivity index (χ2v) is 14.3. The van der Waals surface area contributed by atoms with Gasteiger partial charge in [0.1, 0.15) is 0 Å². The summed E-state index contributed by atoms with van der Waals surface area (Å²) in [4.78, 5) is 0. The maximum atomic E-state index is 17.9. The molecule has 3 heterocycles. The Morgan fingerprint density at radius 1 is 0.623 bits per heavy atom. The van der Waals surface area contributed by atoms with Crippen molar-refractivity contribution in [2.45, 2.75) is 82.1 Å². The highest BCUT2D eigenvalue weighted by Gasteiger charge is 2.58. The smallest absolute Gasteiger partial charge is 0.389 e. The first kappa shape index (κ1) is 37.9. The summed E-state index contributed by atoms with van der Waals surface area (Å²) >= 11 is 0. The average molecular weight is 731 g/mol. The summed E-state index contributed by atoms with van der Waals surface area (Å²) in [7, 11) is 0. The topological polar surface area (TPSA) is 7.94 Å². The Bertz CT molecular complexity index is 2350. The number of allylic oxidation sites excluding steroid dienone is 3. The molecular formula is C43H42BF7N2. The van der Waals surface area contributed by atoms with Crippen LogP contribution in [0.3, 0.4) is 0 Å². The lowest BCUT2D eigenvalue weighted by molar-refractivity contribution is -0.362. The first-order chi connectivity index (χ1) is 24.9. The Morgan fingerprint density at radius 2 is 1.08 bits per heavy atom. The molecule has 0 bridgehead atoms. The van der Waals surface area contributed by atoms with Gasteiger partial charge in [-0.25, -0.2) is 22.0 Å². The molecule has 0 unspecified atom stereocenters. The van der Waals surface area contributed by atoms with E-state index in [0.29, 0.717) is 11.1 Å². The van der Waals surface area contributed by atoms with Crippen molar-refractivity contribution in [3.8, 4) is 0 Å². The van der Waals surface area contributed by atoms with E-state index in [2.05, 4.69) is 0 Å². The van der Waals surface area contributed by atoms with Crippen molar-refractivity contribution >= 4 is 36.5 Å². The van der Waals surface area contributed by atoms with Crippen LogP contribution >= 0.6 is 0 Å². The van der Waals surface area contributed by atoms with E-state index in [1.165, 1.54) is 0 Å². The second kappa shape index (κ2) is 13.5. The first-order valence-electron chi connectivity index (χ1n) is 17.8. The molecule has 0 aliphatic carbocycles. The fraction of sp³-hybridized carbons (Fsp3) is 0.279. The quantitative estimate of drug-likeness (QED) is 0.0774. The minimum atomic E-state index is -4.83. The van der Waals surface area contributed by atoms with Crippen LogP contribution in [0.15, 0.2) is 47.2 Å². The van der Waals surface area contributed by atoms with Crippen molar-refractivity contribution in [1.29, 1.82) is 0 Å². The molecule has 2 nitrogen and oxygen atoms in total. The predicted octanol–water partition coefficient (Wildman–Crippen LogP) is 12.0.